The van der Waals surface area contributed by atoms with Gasteiger partial charge in [-0.05, 0) is 31.2 Å². The Morgan fingerprint density at radius 3 is 2.44 bits per heavy atom. The molecule has 1 atom stereocenters. The highest BCUT2D eigenvalue weighted by molar-refractivity contribution is 5.91. The number of hydrogen-bond donors (Lipinski definition) is 0. The largest absolute Gasteiger partial charge is 0.445 e. The first-order chi connectivity index (χ1) is 12.9. The minimum absolute atomic E-state index is 0.141. The van der Waals surface area contributed by atoms with Crippen molar-refractivity contribution in [2.45, 2.75) is 50.7 Å². The van der Waals surface area contributed by atoms with Gasteiger partial charge in [0.05, 0.1) is 5.54 Å². The summed E-state index contributed by atoms with van der Waals surface area (Å²) in [5.74, 6) is 0.406. The molecule has 6 nitrogen and oxygen atoms in total. The van der Waals surface area contributed by atoms with Crippen LogP contribution in [-0.4, -0.2) is 53.3 Å². The number of benzene rings is 1. The summed E-state index contributed by atoms with van der Waals surface area (Å²) in [6, 6.07) is 9.61. The highest BCUT2D eigenvalue weighted by atomic mass is 16.6. The van der Waals surface area contributed by atoms with Gasteiger partial charge in [0.15, 0.2) is 0 Å². The molecule has 3 fully saturated rings. The minimum atomic E-state index is -0.380. The summed E-state index contributed by atoms with van der Waals surface area (Å²) < 4.78 is 5.42. The maximum absolute atomic E-state index is 12.9. The Labute approximate surface area is 159 Å². The van der Waals surface area contributed by atoms with Crippen LogP contribution in [0.1, 0.15) is 44.1 Å². The number of ketones is 1. The SMILES string of the molecule is CN1C(=O)CCC12CC(=O)C1(CCN(C(=O)OCc3ccccc3)CC1)C2. The summed E-state index contributed by atoms with van der Waals surface area (Å²) in [6.45, 7) is 1.33. The van der Waals surface area contributed by atoms with Gasteiger partial charge in [-0.1, -0.05) is 30.3 Å². The second kappa shape index (κ2) is 6.66. The summed E-state index contributed by atoms with van der Waals surface area (Å²) in [6.07, 6.45) is 3.53. The molecule has 0 N–H and O–H groups in total. The molecule has 2 saturated heterocycles. The third kappa shape index (κ3) is 3.11. The summed E-state index contributed by atoms with van der Waals surface area (Å²) >= 11 is 0. The van der Waals surface area contributed by atoms with E-state index in [-0.39, 0.29) is 35.3 Å². The molecule has 0 bridgehead atoms. The molecule has 144 valence electrons. The van der Waals surface area contributed by atoms with Crippen molar-refractivity contribution in [1.82, 2.24) is 9.80 Å². The number of piperidine rings is 1. The molecular weight excluding hydrogens is 344 g/mol. The number of likely N-dealkylation sites (tertiary alicyclic amines) is 2. The fourth-order valence-electron chi connectivity index (χ4n) is 5.01. The van der Waals surface area contributed by atoms with E-state index in [2.05, 4.69) is 0 Å². The second-order valence-corrected chi connectivity index (χ2v) is 8.26. The maximum atomic E-state index is 12.9. The van der Waals surface area contributed by atoms with E-state index in [9.17, 15) is 14.4 Å². The van der Waals surface area contributed by atoms with Gasteiger partial charge in [-0.3, -0.25) is 9.59 Å². The number of ether oxygens (including phenoxy) is 1. The summed E-state index contributed by atoms with van der Waals surface area (Å²) in [5, 5.41) is 0. The molecule has 1 aromatic carbocycles. The Bertz CT molecular complexity index is 755. The van der Waals surface area contributed by atoms with Gasteiger partial charge in [0.2, 0.25) is 5.91 Å². The number of rotatable bonds is 2. The lowest BCUT2D eigenvalue weighted by atomic mass is 9.74. The Kier molecular flexibility index (Phi) is 4.44. The van der Waals surface area contributed by atoms with Crippen LogP contribution in [-0.2, 0) is 20.9 Å². The van der Waals surface area contributed by atoms with Crippen molar-refractivity contribution in [1.29, 1.82) is 0 Å². The van der Waals surface area contributed by atoms with Gasteiger partial charge in [-0.15, -0.1) is 0 Å². The van der Waals surface area contributed by atoms with Crippen LogP contribution in [0.15, 0.2) is 30.3 Å². The van der Waals surface area contributed by atoms with Crippen LogP contribution in [0.2, 0.25) is 0 Å². The zero-order valence-electron chi connectivity index (χ0n) is 15.8. The molecule has 27 heavy (non-hydrogen) atoms. The van der Waals surface area contributed by atoms with Crippen LogP contribution < -0.4 is 0 Å². The molecule has 2 aliphatic heterocycles. The normalized spacial score (nSPS) is 27.0. The lowest BCUT2D eigenvalue weighted by Crippen LogP contribution is -2.46. The molecule has 1 aliphatic carbocycles. The quantitative estimate of drug-likeness (QED) is 0.803. The molecule has 4 rings (SSSR count). The molecular formula is C21H26N2O4. The average molecular weight is 370 g/mol. The summed E-state index contributed by atoms with van der Waals surface area (Å²) in [5.41, 5.74) is 0.292. The van der Waals surface area contributed by atoms with E-state index in [0.29, 0.717) is 38.8 Å². The smallest absolute Gasteiger partial charge is 0.410 e. The first-order valence-electron chi connectivity index (χ1n) is 9.70. The van der Waals surface area contributed by atoms with E-state index >= 15 is 0 Å². The summed E-state index contributed by atoms with van der Waals surface area (Å²) in [7, 11) is 1.83. The minimum Gasteiger partial charge on any atom is -0.445 e. The van der Waals surface area contributed by atoms with Crippen LogP contribution in [0.4, 0.5) is 4.79 Å². The fourth-order valence-corrected chi connectivity index (χ4v) is 5.01. The van der Waals surface area contributed by atoms with Crippen LogP contribution in [0, 0.1) is 5.41 Å². The van der Waals surface area contributed by atoms with Gasteiger partial charge >= 0.3 is 6.09 Å². The highest BCUT2D eigenvalue weighted by Crippen LogP contribution is 2.53. The van der Waals surface area contributed by atoms with Crippen LogP contribution in [0.25, 0.3) is 0 Å². The van der Waals surface area contributed by atoms with Crippen molar-refractivity contribution >= 4 is 17.8 Å². The molecule has 0 radical (unpaired) electrons. The second-order valence-electron chi connectivity index (χ2n) is 8.26. The molecule has 1 unspecified atom stereocenters. The van der Waals surface area contributed by atoms with Crippen LogP contribution in [0.5, 0.6) is 0 Å². The molecule has 2 amide bonds. The zero-order valence-corrected chi connectivity index (χ0v) is 15.8. The van der Waals surface area contributed by atoms with E-state index in [1.807, 2.05) is 37.4 Å². The van der Waals surface area contributed by atoms with E-state index in [1.165, 1.54) is 0 Å². The average Bonchev–Trinajstić information content (AvgIpc) is 3.11. The third-order valence-corrected chi connectivity index (χ3v) is 6.82. The Hall–Kier alpha value is -2.37. The lowest BCUT2D eigenvalue weighted by molar-refractivity contribution is -0.129. The molecule has 1 aromatic rings. The van der Waals surface area contributed by atoms with E-state index in [1.54, 1.807) is 9.80 Å². The highest BCUT2D eigenvalue weighted by Gasteiger charge is 2.59. The predicted octanol–water partition coefficient (Wildman–Crippen LogP) is 2.76. The fraction of sp³-hybridized carbons (Fsp3) is 0.571. The first-order valence-corrected chi connectivity index (χ1v) is 9.70. The predicted molar refractivity (Wildman–Crippen MR) is 98.8 cm³/mol. The van der Waals surface area contributed by atoms with Crippen molar-refractivity contribution < 1.29 is 19.1 Å². The van der Waals surface area contributed by atoms with Gasteiger partial charge in [0.25, 0.3) is 0 Å². The molecule has 0 aromatic heterocycles. The molecule has 2 heterocycles. The molecule has 3 aliphatic rings. The van der Waals surface area contributed by atoms with Crippen molar-refractivity contribution in [3.8, 4) is 0 Å². The van der Waals surface area contributed by atoms with Gasteiger partial charge in [0.1, 0.15) is 12.4 Å². The maximum Gasteiger partial charge on any atom is 0.410 e. The first kappa shape index (κ1) is 18.0. The van der Waals surface area contributed by atoms with E-state index < -0.39 is 0 Å². The van der Waals surface area contributed by atoms with Gasteiger partial charge in [0, 0.05) is 38.4 Å². The number of carbonyl (C=O) groups excluding carboxylic acids is 3. The molecule has 6 heteroatoms. The Morgan fingerprint density at radius 1 is 1.11 bits per heavy atom. The Balaban J connectivity index is 1.35. The monoisotopic (exact) mass is 370 g/mol. The standard InChI is InChI=1S/C21H26N2O4/c1-22-18(25)7-8-21(22)13-17(24)20(15-21)9-11-23(12-10-20)19(26)27-14-16-5-3-2-4-6-16/h2-6H,7-15H2,1H3. The number of amides is 2. The van der Waals surface area contributed by atoms with Crippen LogP contribution >= 0.6 is 0 Å². The van der Waals surface area contributed by atoms with E-state index in [0.717, 1.165) is 18.4 Å². The third-order valence-electron chi connectivity index (χ3n) is 6.82. The summed E-state index contributed by atoms with van der Waals surface area (Å²) in [4.78, 5) is 40.7. The number of nitrogens with zero attached hydrogens (tertiary/aromatic N) is 2. The number of hydrogen-bond acceptors (Lipinski definition) is 4. The van der Waals surface area contributed by atoms with Crippen molar-refractivity contribution in [3.05, 3.63) is 35.9 Å². The van der Waals surface area contributed by atoms with Crippen LogP contribution in [0.3, 0.4) is 0 Å². The van der Waals surface area contributed by atoms with Crippen molar-refractivity contribution in [2.75, 3.05) is 20.1 Å². The topological polar surface area (TPSA) is 66.9 Å². The van der Waals surface area contributed by atoms with Crippen molar-refractivity contribution in [2.24, 2.45) is 5.41 Å². The van der Waals surface area contributed by atoms with Gasteiger partial charge < -0.3 is 14.5 Å². The van der Waals surface area contributed by atoms with Crippen molar-refractivity contribution in [3.63, 3.8) is 0 Å². The number of Topliss-reactive ketones (excluding diaryl/α,β-unsaturated/α-hetero) is 1. The number of carbonyl (C=O) groups is 3. The zero-order chi connectivity index (χ0) is 19.1. The van der Waals surface area contributed by atoms with Gasteiger partial charge in [-0.25, -0.2) is 4.79 Å². The Morgan fingerprint density at radius 2 is 1.81 bits per heavy atom. The lowest BCUT2D eigenvalue weighted by Gasteiger charge is -2.40. The molecule has 2 spiro atoms. The van der Waals surface area contributed by atoms with E-state index in [4.69, 9.17) is 4.74 Å². The van der Waals surface area contributed by atoms with Gasteiger partial charge in [-0.2, -0.15) is 0 Å². The molecule has 1 saturated carbocycles.